The molecular formula is C23H37N7O2Si. The van der Waals surface area contributed by atoms with Gasteiger partial charge in [0.1, 0.15) is 0 Å². The van der Waals surface area contributed by atoms with Crippen LogP contribution in [0.3, 0.4) is 0 Å². The van der Waals surface area contributed by atoms with E-state index in [2.05, 4.69) is 34.8 Å². The van der Waals surface area contributed by atoms with Crippen LogP contribution in [0.2, 0.25) is 0 Å². The first-order chi connectivity index (χ1) is 15.5. The smallest absolute Gasteiger partial charge is 0.271 e. The fourth-order valence-corrected chi connectivity index (χ4v) is 3.26. The summed E-state index contributed by atoms with van der Waals surface area (Å²) in [6.45, 7) is 8.53. The Kier molecular flexibility index (Phi) is 8.95. The van der Waals surface area contributed by atoms with Crippen LogP contribution in [0.15, 0.2) is 24.3 Å². The maximum absolute atomic E-state index is 12.3. The zero-order chi connectivity index (χ0) is 24.8. The molecule has 0 saturated heterocycles. The molecule has 2 rings (SSSR count). The fraction of sp³-hybridized carbons (Fsp3) is 0.478. The molecule has 0 bridgehead atoms. The van der Waals surface area contributed by atoms with Gasteiger partial charge in [0.2, 0.25) is 5.91 Å². The molecule has 2 aromatic rings. The first kappa shape index (κ1) is 26.3. The number of hydrogen-bond donors (Lipinski definition) is 4. The summed E-state index contributed by atoms with van der Waals surface area (Å²) < 4.78 is 0. The minimum atomic E-state index is -0.631. The van der Waals surface area contributed by atoms with Crippen molar-refractivity contribution < 1.29 is 9.59 Å². The number of benzene rings is 1. The van der Waals surface area contributed by atoms with Crippen molar-refractivity contribution in [2.75, 3.05) is 30.9 Å². The maximum atomic E-state index is 12.3. The third-order valence-electron chi connectivity index (χ3n) is 5.71. The predicted molar refractivity (Wildman–Crippen MR) is 137 cm³/mol. The molecule has 0 spiro atoms. The summed E-state index contributed by atoms with van der Waals surface area (Å²) in [7, 11) is 4.46. The standard InChI is InChI=1S/C23H37N7O2Si/c1-7-17-21(30(6)14(2)3)29-20(18(28-17)19(24)31)27-16-10-8-9-15(13-16)11-12-26-22(32)23(4,33)25-5/h8-10,13-14,25H,7,11-12H2,1-6,33H3,(H2,24,31)(H,26,32)(H,27,29)/t23-/m0/s1. The lowest BCUT2D eigenvalue weighted by Gasteiger charge is -2.25. The molecule has 10 heteroatoms. The molecule has 1 heterocycles. The second-order valence-electron chi connectivity index (χ2n) is 8.82. The van der Waals surface area contributed by atoms with E-state index >= 15 is 0 Å². The number of anilines is 3. The quantitative estimate of drug-likeness (QED) is 0.355. The van der Waals surface area contributed by atoms with Gasteiger partial charge in [-0.25, -0.2) is 9.97 Å². The largest absolute Gasteiger partial charge is 0.364 e. The van der Waals surface area contributed by atoms with Gasteiger partial charge in [-0.1, -0.05) is 19.1 Å². The van der Waals surface area contributed by atoms with Crippen LogP contribution in [-0.2, 0) is 17.6 Å². The molecule has 0 aliphatic heterocycles. The van der Waals surface area contributed by atoms with E-state index in [4.69, 9.17) is 10.7 Å². The van der Waals surface area contributed by atoms with Gasteiger partial charge in [0.25, 0.3) is 5.91 Å². The molecule has 0 aliphatic rings. The normalized spacial score (nSPS) is 12.9. The van der Waals surface area contributed by atoms with Gasteiger partial charge in [0.15, 0.2) is 17.3 Å². The Morgan fingerprint density at radius 2 is 1.97 bits per heavy atom. The number of amides is 2. The molecular weight excluding hydrogens is 434 g/mol. The van der Waals surface area contributed by atoms with E-state index in [1.165, 1.54) is 0 Å². The van der Waals surface area contributed by atoms with E-state index in [1.807, 2.05) is 50.1 Å². The van der Waals surface area contributed by atoms with Crippen molar-refractivity contribution in [1.29, 1.82) is 0 Å². The number of carbonyl (C=O) groups is 2. The summed E-state index contributed by atoms with van der Waals surface area (Å²) in [5.74, 6) is 0.418. The first-order valence-corrected chi connectivity index (χ1v) is 12.3. The van der Waals surface area contributed by atoms with Crippen LogP contribution in [0.5, 0.6) is 0 Å². The average molecular weight is 472 g/mol. The Bertz CT molecular complexity index is 995. The van der Waals surface area contributed by atoms with Crippen LogP contribution in [0.1, 0.15) is 49.4 Å². The van der Waals surface area contributed by atoms with Crippen molar-refractivity contribution in [1.82, 2.24) is 20.6 Å². The zero-order valence-electron chi connectivity index (χ0n) is 20.7. The van der Waals surface area contributed by atoms with Crippen molar-refractivity contribution in [3.8, 4) is 0 Å². The van der Waals surface area contributed by atoms with E-state index in [0.717, 1.165) is 22.8 Å². The van der Waals surface area contributed by atoms with Gasteiger partial charge < -0.3 is 26.6 Å². The van der Waals surface area contributed by atoms with Crippen LogP contribution in [0.4, 0.5) is 17.3 Å². The number of likely N-dealkylation sites (N-methyl/N-ethyl adjacent to an activating group) is 1. The van der Waals surface area contributed by atoms with Crippen molar-refractivity contribution in [3.63, 3.8) is 0 Å². The zero-order valence-corrected chi connectivity index (χ0v) is 22.7. The molecule has 1 aromatic carbocycles. The molecule has 180 valence electrons. The molecule has 5 N–H and O–H groups in total. The Morgan fingerprint density at radius 3 is 2.55 bits per heavy atom. The third kappa shape index (κ3) is 6.75. The van der Waals surface area contributed by atoms with E-state index in [1.54, 1.807) is 7.05 Å². The van der Waals surface area contributed by atoms with E-state index in [9.17, 15) is 9.59 Å². The lowest BCUT2D eigenvalue weighted by Crippen LogP contribution is -2.54. The number of nitrogens with one attached hydrogen (secondary N) is 3. The van der Waals surface area contributed by atoms with Gasteiger partial charge in [0.05, 0.1) is 10.9 Å². The Balaban J connectivity index is 2.25. The van der Waals surface area contributed by atoms with Crippen LogP contribution in [0, 0.1) is 0 Å². The summed E-state index contributed by atoms with van der Waals surface area (Å²) in [5, 5.41) is 8.77. The third-order valence-corrected chi connectivity index (χ3v) is 6.66. The van der Waals surface area contributed by atoms with Gasteiger partial charge >= 0.3 is 0 Å². The van der Waals surface area contributed by atoms with Crippen LogP contribution in [-0.4, -0.2) is 63.9 Å². The number of rotatable bonds is 11. The Labute approximate surface area is 199 Å². The molecule has 0 radical (unpaired) electrons. The molecule has 9 nitrogen and oxygen atoms in total. The Morgan fingerprint density at radius 1 is 1.27 bits per heavy atom. The topological polar surface area (TPSA) is 125 Å². The van der Waals surface area contributed by atoms with Crippen LogP contribution >= 0.6 is 0 Å². The highest BCUT2D eigenvalue weighted by molar-refractivity contribution is 6.27. The highest BCUT2D eigenvalue weighted by Gasteiger charge is 2.24. The number of nitrogens with zero attached hydrogens (tertiary/aromatic N) is 3. The van der Waals surface area contributed by atoms with Crippen molar-refractivity contribution in [2.24, 2.45) is 5.73 Å². The van der Waals surface area contributed by atoms with Gasteiger partial charge in [0, 0.05) is 35.6 Å². The van der Waals surface area contributed by atoms with Crippen molar-refractivity contribution >= 4 is 39.4 Å². The number of nitrogens with two attached hydrogens (primary N) is 1. The minimum absolute atomic E-state index is 0.00476. The lowest BCUT2D eigenvalue weighted by atomic mass is 10.1. The number of hydrogen-bond acceptors (Lipinski definition) is 7. The second kappa shape index (κ2) is 11.2. The molecule has 1 aromatic heterocycles. The van der Waals surface area contributed by atoms with E-state index in [0.29, 0.717) is 35.4 Å². The lowest BCUT2D eigenvalue weighted by molar-refractivity contribution is -0.123. The van der Waals surface area contributed by atoms with Gasteiger partial charge in [-0.3, -0.25) is 9.59 Å². The van der Waals surface area contributed by atoms with Gasteiger partial charge in [-0.05, 0) is 58.4 Å². The molecule has 1 atom stereocenters. The fourth-order valence-electron chi connectivity index (χ4n) is 3.08. The molecule has 0 fully saturated rings. The van der Waals surface area contributed by atoms with Crippen LogP contribution in [0.25, 0.3) is 0 Å². The van der Waals surface area contributed by atoms with Crippen molar-refractivity contribution in [2.45, 2.75) is 51.7 Å². The van der Waals surface area contributed by atoms with Crippen molar-refractivity contribution in [3.05, 3.63) is 41.2 Å². The Hall–Kier alpha value is -2.98. The molecule has 33 heavy (non-hydrogen) atoms. The highest BCUT2D eigenvalue weighted by Crippen LogP contribution is 2.25. The van der Waals surface area contributed by atoms with Gasteiger partial charge in [-0.15, -0.1) is 0 Å². The SMILES string of the molecule is CCc1nc(C(N)=O)c(Nc2cccc(CCNC(=O)[C@](C)([SiH3])NC)c2)nc1N(C)C(C)C. The summed E-state index contributed by atoms with van der Waals surface area (Å²) in [6, 6.07) is 7.99. The molecule has 2 amide bonds. The average Bonchev–Trinajstić information content (AvgIpc) is 2.78. The molecule has 0 unspecified atom stereocenters. The number of primary amides is 1. The summed E-state index contributed by atoms with van der Waals surface area (Å²) in [5.41, 5.74) is 8.25. The maximum Gasteiger partial charge on any atom is 0.271 e. The van der Waals surface area contributed by atoms with E-state index < -0.39 is 11.1 Å². The molecule has 0 aliphatic carbocycles. The number of carbonyl (C=O) groups excluding carboxylic acids is 2. The summed E-state index contributed by atoms with van der Waals surface area (Å²) in [4.78, 5) is 35.6. The van der Waals surface area contributed by atoms with Gasteiger partial charge in [-0.2, -0.15) is 0 Å². The monoisotopic (exact) mass is 471 g/mol. The summed E-state index contributed by atoms with van der Waals surface area (Å²) >= 11 is 0. The van der Waals surface area contributed by atoms with E-state index in [-0.39, 0.29) is 17.6 Å². The van der Waals surface area contributed by atoms with Crippen LogP contribution < -0.4 is 26.6 Å². The first-order valence-electron chi connectivity index (χ1n) is 11.3. The number of aryl methyl sites for hydroxylation is 1. The second-order valence-corrected chi connectivity index (χ2v) is 10.8. The number of aromatic nitrogens is 2. The summed E-state index contributed by atoms with van der Waals surface area (Å²) in [6.07, 6.45) is 1.31. The predicted octanol–water partition coefficient (Wildman–Crippen LogP) is 0.686. The molecule has 0 saturated carbocycles. The highest BCUT2D eigenvalue weighted by atomic mass is 28.1. The minimum Gasteiger partial charge on any atom is -0.364 e.